The highest BCUT2D eigenvalue weighted by Gasteiger charge is 2.79. The Kier molecular flexibility index (Phi) is 9.27. The second-order valence-corrected chi connectivity index (χ2v) is 11.3. The van der Waals surface area contributed by atoms with Gasteiger partial charge in [-0.3, -0.25) is 14.4 Å². The molecule has 3 heterocycles. The van der Waals surface area contributed by atoms with Crippen LogP contribution >= 0.6 is 0 Å². The number of esters is 1. The summed E-state index contributed by atoms with van der Waals surface area (Å²) in [6.45, 7) is 17.7. The third-order valence-electron chi connectivity index (χ3n) is 8.96. The quantitative estimate of drug-likeness (QED) is 0.215. The largest absolute Gasteiger partial charge is 0.465 e. The molecule has 0 aromatic heterocycles. The molecule has 3 aliphatic rings. The Labute approximate surface area is 222 Å². The third-order valence-corrected chi connectivity index (χ3v) is 8.96. The van der Waals surface area contributed by atoms with Crippen LogP contribution in [0.1, 0.15) is 73.1 Å². The van der Waals surface area contributed by atoms with Crippen LogP contribution in [0.2, 0.25) is 0 Å². The van der Waals surface area contributed by atoms with Gasteiger partial charge < -0.3 is 24.4 Å². The maximum atomic E-state index is 14.5. The van der Waals surface area contributed by atoms with Crippen molar-refractivity contribution in [2.24, 2.45) is 17.8 Å². The summed E-state index contributed by atoms with van der Waals surface area (Å²) in [5, 5.41) is 10.5. The molecule has 2 amide bonds. The van der Waals surface area contributed by atoms with Crippen LogP contribution < -0.4 is 0 Å². The van der Waals surface area contributed by atoms with Crippen molar-refractivity contribution >= 4 is 17.8 Å². The summed E-state index contributed by atoms with van der Waals surface area (Å²) in [7, 11) is 0. The van der Waals surface area contributed by atoms with E-state index >= 15 is 0 Å². The fourth-order valence-electron chi connectivity index (χ4n) is 6.86. The minimum atomic E-state index is -1.14. The highest BCUT2D eigenvalue weighted by Crippen LogP contribution is 2.64. The molecule has 1 spiro atoms. The Morgan fingerprint density at radius 2 is 1.97 bits per heavy atom. The van der Waals surface area contributed by atoms with Gasteiger partial charge in [-0.2, -0.15) is 0 Å². The van der Waals surface area contributed by atoms with Crippen LogP contribution in [0.5, 0.6) is 0 Å². The predicted octanol–water partition coefficient (Wildman–Crippen LogP) is 3.48. The Morgan fingerprint density at radius 1 is 1.27 bits per heavy atom. The number of fused-ring (bicyclic) bond motifs is 1. The lowest BCUT2D eigenvalue weighted by Gasteiger charge is -2.42. The fraction of sp³-hybridized carbons (Fsp3) is 0.759. The topological polar surface area (TPSA) is 96.4 Å². The van der Waals surface area contributed by atoms with Gasteiger partial charge in [-0.1, -0.05) is 45.8 Å². The normalized spacial score (nSPS) is 32.5. The molecule has 37 heavy (non-hydrogen) atoms. The van der Waals surface area contributed by atoms with Crippen LogP contribution in [-0.2, 0) is 23.9 Å². The summed E-state index contributed by atoms with van der Waals surface area (Å²) in [5.41, 5.74) is -2.03. The van der Waals surface area contributed by atoms with Gasteiger partial charge in [-0.05, 0) is 45.4 Å². The van der Waals surface area contributed by atoms with Crippen molar-refractivity contribution in [3.05, 3.63) is 25.3 Å². The molecule has 0 radical (unpaired) electrons. The molecule has 3 unspecified atom stereocenters. The molecular weight excluding hydrogens is 472 g/mol. The minimum Gasteiger partial charge on any atom is -0.465 e. The zero-order valence-electron chi connectivity index (χ0n) is 23.3. The van der Waals surface area contributed by atoms with E-state index in [1.165, 1.54) is 0 Å². The summed E-state index contributed by atoms with van der Waals surface area (Å²) in [6, 6.07) is -1.55. The zero-order chi connectivity index (χ0) is 27.5. The number of hydrogen-bond donors (Lipinski definition) is 1. The van der Waals surface area contributed by atoms with Crippen molar-refractivity contribution in [2.45, 2.75) is 102 Å². The van der Waals surface area contributed by atoms with Crippen LogP contribution in [0.4, 0.5) is 0 Å². The fourth-order valence-corrected chi connectivity index (χ4v) is 6.86. The van der Waals surface area contributed by atoms with E-state index in [0.29, 0.717) is 25.8 Å². The monoisotopic (exact) mass is 518 g/mol. The first kappa shape index (κ1) is 29.4. The molecule has 8 heteroatoms. The molecule has 0 aromatic carbocycles. The molecule has 8 atom stereocenters. The van der Waals surface area contributed by atoms with E-state index in [-0.39, 0.29) is 37.0 Å². The van der Waals surface area contributed by atoms with Crippen molar-refractivity contribution in [1.82, 2.24) is 9.80 Å². The molecule has 0 aromatic rings. The second kappa shape index (κ2) is 11.7. The van der Waals surface area contributed by atoms with Crippen LogP contribution in [0.25, 0.3) is 0 Å². The van der Waals surface area contributed by atoms with Crippen molar-refractivity contribution in [2.75, 3.05) is 19.8 Å². The predicted molar refractivity (Wildman–Crippen MR) is 141 cm³/mol. The molecule has 208 valence electrons. The number of amides is 2. The average Bonchev–Trinajstić information content (AvgIpc) is 3.43. The summed E-state index contributed by atoms with van der Waals surface area (Å²) < 4.78 is 12.2. The second-order valence-electron chi connectivity index (χ2n) is 11.3. The van der Waals surface area contributed by atoms with Gasteiger partial charge in [-0.25, -0.2) is 0 Å². The molecule has 0 saturated carbocycles. The van der Waals surface area contributed by atoms with Gasteiger partial charge in [0.25, 0.3) is 0 Å². The molecule has 3 saturated heterocycles. The van der Waals surface area contributed by atoms with E-state index < -0.39 is 41.1 Å². The number of aliphatic hydroxyl groups excluding tert-OH is 1. The molecule has 0 aliphatic carbocycles. The van der Waals surface area contributed by atoms with Crippen molar-refractivity contribution in [1.29, 1.82) is 0 Å². The molecule has 3 fully saturated rings. The molecule has 1 N–H and O–H groups in total. The lowest BCUT2D eigenvalue weighted by atomic mass is 9.66. The van der Waals surface area contributed by atoms with E-state index in [9.17, 15) is 19.5 Å². The van der Waals surface area contributed by atoms with Crippen LogP contribution in [0.15, 0.2) is 25.3 Å². The molecule has 3 aliphatic heterocycles. The summed E-state index contributed by atoms with van der Waals surface area (Å²) in [5.74, 6) is -2.66. The highest BCUT2D eigenvalue weighted by atomic mass is 16.6. The first-order valence-corrected chi connectivity index (χ1v) is 13.9. The van der Waals surface area contributed by atoms with Gasteiger partial charge in [0, 0.05) is 12.6 Å². The van der Waals surface area contributed by atoms with E-state index in [1.807, 2.05) is 27.7 Å². The van der Waals surface area contributed by atoms with Gasteiger partial charge in [0.2, 0.25) is 11.8 Å². The third kappa shape index (κ3) is 4.87. The maximum absolute atomic E-state index is 14.5. The first-order valence-electron chi connectivity index (χ1n) is 13.9. The minimum absolute atomic E-state index is 0.0498. The number of ether oxygens (including phenoxy) is 2. The van der Waals surface area contributed by atoms with Crippen molar-refractivity contribution in [3.8, 4) is 0 Å². The van der Waals surface area contributed by atoms with Crippen LogP contribution in [0, 0.1) is 17.8 Å². The maximum Gasteiger partial charge on any atom is 0.312 e. The number of nitrogens with zero attached hydrogens (tertiary/aromatic N) is 2. The number of hydrogen-bond acceptors (Lipinski definition) is 6. The van der Waals surface area contributed by atoms with Gasteiger partial charge in [-0.15, -0.1) is 13.2 Å². The number of aliphatic hydroxyl groups is 1. The smallest absolute Gasteiger partial charge is 0.312 e. The van der Waals surface area contributed by atoms with E-state index in [2.05, 4.69) is 20.1 Å². The molecular formula is C29H46N2O6. The standard InChI is InChI=1S/C29H46N2O6/c1-8-12-17-36-27(35)23-22-25(33)31(21(18-32)19(5)11-4)24(29(22)15-14-28(23,7)37-29)26(34)30(16-10-3)20(6)13-9-2/h8,10,19-24,32H,1,3,9,11-18H2,2,4-7H3/t19-,20?,21-,22-,23+,24?,28-,29?/m0/s1. The number of likely N-dealkylation sites (tertiary alicyclic amines) is 1. The van der Waals surface area contributed by atoms with Crippen LogP contribution in [0.3, 0.4) is 0 Å². The lowest BCUT2D eigenvalue weighted by Crippen LogP contribution is -2.61. The molecule has 3 rings (SSSR count). The zero-order valence-corrected chi connectivity index (χ0v) is 23.3. The van der Waals surface area contributed by atoms with Gasteiger partial charge in [0.1, 0.15) is 17.6 Å². The Balaban J connectivity index is 2.12. The van der Waals surface area contributed by atoms with Crippen LogP contribution in [-0.4, -0.2) is 81.8 Å². The summed E-state index contributed by atoms with van der Waals surface area (Å²) in [6.07, 6.45) is 7.37. The SMILES string of the molecule is C=CCCOC(=O)[C@H]1[C@H]2C(=O)N([C@@H](CO)[C@@H](C)CC)C(C(=O)N(CC=C)C(C)CCC)C23CC[C@]1(C)O3. The molecule has 8 nitrogen and oxygen atoms in total. The summed E-state index contributed by atoms with van der Waals surface area (Å²) in [4.78, 5) is 45.5. The summed E-state index contributed by atoms with van der Waals surface area (Å²) >= 11 is 0. The van der Waals surface area contributed by atoms with Gasteiger partial charge >= 0.3 is 5.97 Å². The average molecular weight is 519 g/mol. The van der Waals surface area contributed by atoms with E-state index in [1.54, 1.807) is 22.0 Å². The van der Waals surface area contributed by atoms with E-state index in [4.69, 9.17) is 9.47 Å². The highest BCUT2D eigenvalue weighted by molar-refractivity contribution is 5.98. The van der Waals surface area contributed by atoms with Crippen molar-refractivity contribution in [3.63, 3.8) is 0 Å². The number of carbonyl (C=O) groups excluding carboxylic acids is 3. The number of rotatable bonds is 14. The number of carbonyl (C=O) groups is 3. The first-order chi connectivity index (χ1) is 17.6. The van der Waals surface area contributed by atoms with E-state index in [0.717, 1.165) is 19.3 Å². The Morgan fingerprint density at radius 3 is 2.54 bits per heavy atom. The Hall–Kier alpha value is -2.19. The van der Waals surface area contributed by atoms with Gasteiger partial charge in [0.15, 0.2) is 0 Å². The Bertz CT molecular complexity index is 892. The lowest BCUT2D eigenvalue weighted by molar-refractivity contribution is -0.163. The van der Waals surface area contributed by atoms with Gasteiger partial charge in [0.05, 0.1) is 30.8 Å². The van der Waals surface area contributed by atoms with Crippen molar-refractivity contribution < 1.29 is 29.0 Å². The molecule has 2 bridgehead atoms.